The molecule has 190 valence electrons. The molecule has 0 amide bonds. The SMILES string of the molecule is COC(=O)[C@H]1CC[C@H](C(CO)c2ccc(-c3cc(C)cc(Nc4cc(C(F)F)ccn4)n3)cn2)CC1. The van der Waals surface area contributed by atoms with Crippen molar-refractivity contribution in [3.05, 3.63) is 65.6 Å². The molecule has 3 aromatic rings. The molecule has 0 aromatic carbocycles. The van der Waals surface area contributed by atoms with Crippen LogP contribution in [0.15, 0.2) is 48.8 Å². The molecule has 9 heteroatoms. The highest BCUT2D eigenvalue weighted by Gasteiger charge is 2.32. The molecular weight excluding hydrogens is 466 g/mol. The van der Waals surface area contributed by atoms with Crippen molar-refractivity contribution >= 4 is 17.6 Å². The van der Waals surface area contributed by atoms with Crippen molar-refractivity contribution in [2.24, 2.45) is 11.8 Å². The highest BCUT2D eigenvalue weighted by atomic mass is 19.3. The predicted octanol–water partition coefficient (Wildman–Crippen LogP) is 5.58. The molecule has 1 saturated carbocycles. The van der Waals surface area contributed by atoms with Gasteiger partial charge in [-0.1, -0.05) is 0 Å². The number of nitrogens with zero attached hydrogens (tertiary/aromatic N) is 3. The number of alkyl halides is 2. The number of methoxy groups -OCH3 is 1. The van der Waals surface area contributed by atoms with Crippen LogP contribution in [0.25, 0.3) is 11.3 Å². The minimum atomic E-state index is -2.58. The molecule has 0 bridgehead atoms. The maximum atomic E-state index is 13.0. The number of esters is 1. The summed E-state index contributed by atoms with van der Waals surface area (Å²) in [6.45, 7) is 1.91. The maximum absolute atomic E-state index is 13.0. The zero-order valence-electron chi connectivity index (χ0n) is 20.3. The van der Waals surface area contributed by atoms with Gasteiger partial charge >= 0.3 is 5.97 Å². The van der Waals surface area contributed by atoms with E-state index in [1.54, 1.807) is 6.20 Å². The van der Waals surface area contributed by atoms with Crippen molar-refractivity contribution in [3.8, 4) is 11.3 Å². The van der Waals surface area contributed by atoms with Crippen LogP contribution in [-0.2, 0) is 9.53 Å². The zero-order valence-corrected chi connectivity index (χ0v) is 20.3. The Balaban J connectivity index is 1.48. The van der Waals surface area contributed by atoms with Gasteiger partial charge in [-0.25, -0.2) is 18.7 Å². The fourth-order valence-electron chi connectivity index (χ4n) is 4.85. The van der Waals surface area contributed by atoms with Gasteiger partial charge in [-0.05, 0) is 80.5 Å². The summed E-state index contributed by atoms with van der Waals surface area (Å²) in [7, 11) is 1.42. The van der Waals surface area contributed by atoms with E-state index in [0.717, 1.165) is 42.5 Å². The molecule has 36 heavy (non-hydrogen) atoms. The first-order valence-electron chi connectivity index (χ1n) is 12.0. The summed E-state index contributed by atoms with van der Waals surface area (Å²) in [4.78, 5) is 25.2. The second-order valence-electron chi connectivity index (χ2n) is 9.21. The minimum Gasteiger partial charge on any atom is -0.469 e. The van der Waals surface area contributed by atoms with Crippen LogP contribution in [0.2, 0.25) is 0 Å². The van der Waals surface area contributed by atoms with Crippen LogP contribution in [0.4, 0.5) is 20.4 Å². The summed E-state index contributed by atoms with van der Waals surface area (Å²) in [6.07, 6.45) is 3.67. The van der Waals surface area contributed by atoms with Gasteiger partial charge in [-0.15, -0.1) is 0 Å². The minimum absolute atomic E-state index is 0.0126. The number of ether oxygens (including phenoxy) is 1. The maximum Gasteiger partial charge on any atom is 0.308 e. The molecule has 0 spiro atoms. The van der Waals surface area contributed by atoms with Crippen LogP contribution in [0.5, 0.6) is 0 Å². The monoisotopic (exact) mass is 496 g/mol. The fraction of sp³-hybridized carbons (Fsp3) is 0.407. The molecule has 3 aromatic heterocycles. The number of aliphatic hydroxyl groups is 1. The Hall–Kier alpha value is -3.46. The van der Waals surface area contributed by atoms with Crippen molar-refractivity contribution in [2.45, 2.75) is 45.0 Å². The highest BCUT2D eigenvalue weighted by Crippen LogP contribution is 2.38. The van der Waals surface area contributed by atoms with Gasteiger partial charge in [0.25, 0.3) is 6.43 Å². The zero-order chi connectivity index (χ0) is 25.7. The Morgan fingerprint density at radius 3 is 2.53 bits per heavy atom. The number of nitrogens with one attached hydrogen (secondary N) is 1. The molecule has 0 saturated heterocycles. The normalized spacial score (nSPS) is 18.6. The van der Waals surface area contributed by atoms with Crippen LogP contribution in [0, 0.1) is 18.8 Å². The predicted molar refractivity (Wildman–Crippen MR) is 132 cm³/mol. The van der Waals surface area contributed by atoms with E-state index < -0.39 is 6.43 Å². The van der Waals surface area contributed by atoms with Gasteiger partial charge in [0.2, 0.25) is 0 Å². The first kappa shape index (κ1) is 25.6. The number of rotatable bonds is 8. The molecule has 1 aliphatic carbocycles. The standard InChI is InChI=1S/C27H30F2N4O3/c1-16-11-23(32-25(12-16)33-24-13-19(26(28)29)9-10-30-24)20-7-8-22(31-14-20)21(15-34)17-3-5-18(6-4-17)27(35)36-2/h7-14,17-18,21,26,34H,3-6,15H2,1-2H3,(H,30,32,33)/t17-,18-,21?. The Bertz CT molecular complexity index is 1180. The number of anilines is 2. The van der Waals surface area contributed by atoms with E-state index in [4.69, 9.17) is 4.74 Å². The number of aliphatic hydroxyl groups excluding tert-OH is 1. The lowest BCUT2D eigenvalue weighted by Crippen LogP contribution is -2.27. The van der Waals surface area contributed by atoms with Crippen LogP contribution in [0.1, 0.15) is 54.8 Å². The second kappa shape index (κ2) is 11.5. The lowest BCUT2D eigenvalue weighted by Gasteiger charge is -2.31. The van der Waals surface area contributed by atoms with Crippen molar-refractivity contribution in [3.63, 3.8) is 0 Å². The Morgan fingerprint density at radius 2 is 1.89 bits per heavy atom. The largest absolute Gasteiger partial charge is 0.469 e. The third kappa shape index (κ3) is 6.02. The van der Waals surface area contributed by atoms with Crippen molar-refractivity contribution in [2.75, 3.05) is 19.0 Å². The number of aromatic nitrogens is 3. The summed E-state index contributed by atoms with van der Waals surface area (Å²) in [5.74, 6) is 0.700. The van der Waals surface area contributed by atoms with Crippen molar-refractivity contribution in [1.29, 1.82) is 0 Å². The van der Waals surface area contributed by atoms with Gasteiger partial charge in [-0.3, -0.25) is 9.78 Å². The van der Waals surface area contributed by atoms with Gasteiger partial charge in [0.05, 0.1) is 25.3 Å². The molecule has 0 aliphatic heterocycles. The van der Waals surface area contributed by atoms with E-state index >= 15 is 0 Å². The summed E-state index contributed by atoms with van der Waals surface area (Å²) in [5.41, 5.74) is 3.11. The number of pyridine rings is 3. The molecule has 1 atom stereocenters. The second-order valence-corrected chi connectivity index (χ2v) is 9.21. The van der Waals surface area contributed by atoms with Crippen molar-refractivity contribution in [1.82, 2.24) is 15.0 Å². The topological polar surface area (TPSA) is 97.2 Å². The van der Waals surface area contributed by atoms with E-state index in [9.17, 15) is 18.7 Å². The third-order valence-corrected chi connectivity index (χ3v) is 6.80. The summed E-state index contributed by atoms with van der Waals surface area (Å²) >= 11 is 0. The Labute approximate surface area is 209 Å². The third-order valence-electron chi connectivity index (χ3n) is 6.80. The number of aryl methyl sites for hydroxylation is 1. The summed E-state index contributed by atoms with van der Waals surface area (Å²) in [6, 6.07) is 10.2. The van der Waals surface area contributed by atoms with Crippen LogP contribution >= 0.6 is 0 Å². The molecule has 3 heterocycles. The van der Waals surface area contributed by atoms with Gasteiger partial charge in [0.15, 0.2) is 0 Å². The molecule has 1 fully saturated rings. The Kier molecular flexibility index (Phi) is 8.20. The number of carbonyl (C=O) groups excluding carboxylic acids is 1. The number of hydrogen-bond acceptors (Lipinski definition) is 7. The van der Waals surface area contributed by atoms with Crippen molar-refractivity contribution < 1.29 is 23.4 Å². The van der Waals surface area contributed by atoms with E-state index in [1.165, 1.54) is 25.4 Å². The van der Waals surface area contributed by atoms with Gasteiger partial charge in [-0.2, -0.15) is 0 Å². The quantitative estimate of drug-likeness (QED) is 0.393. The lowest BCUT2D eigenvalue weighted by atomic mass is 9.75. The average Bonchev–Trinajstić information content (AvgIpc) is 2.89. The van der Waals surface area contributed by atoms with Crippen LogP contribution < -0.4 is 5.32 Å². The molecule has 1 aliphatic rings. The van der Waals surface area contributed by atoms with Gasteiger partial charge in [0, 0.05) is 35.1 Å². The molecule has 4 rings (SSSR count). The van der Waals surface area contributed by atoms with Gasteiger partial charge < -0.3 is 15.2 Å². The number of halogens is 2. The molecule has 1 unspecified atom stereocenters. The first-order valence-corrected chi connectivity index (χ1v) is 12.0. The molecule has 2 N–H and O–H groups in total. The summed E-state index contributed by atoms with van der Waals surface area (Å²) in [5, 5.41) is 13.1. The Morgan fingerprint density at radius 1 is 1.11 bits per heavy atom. The number of hydrogen-bond donors (Lipinski definition) is 2. The average molecular weight is 497 g/mol. The fourth-order valence-corrected chi connectivity index (χ4v) is 4.85. The molecular formula is C27H30F2N4O3. The van der Waals surface area contributed by atoms with E-state index in [0.29, 0.717) is 11.5 Å². The van der Waals surface area contributed by atoms with E-state index in [1.807, 2.05) is 31.2 Å². The van der Waals surface area contributed by atoms with E-state index in [2.05, 4.69) is 20.3 Å². The molecule has 0 radical (unpaired) electrons. The smallest absolute Gasteiger partial charge is 0.308 e. The number of carbonyl (C=O) groups is 1. The molecule has 7 nitrogen and oxygen atoms in total. The van der Waals surface area contributed by atoms with Crippen LogP contribution in [0.3, 0.4) is 0 Å². The lowest BCUT2D eigenvalue weighted by molar-refractivity contribution is -0.146. The summed E-state index contributed by atoms with van der Waals surface area (Å²) < 4.78 is 30.9. The van der Waals surface area contributed by atoms with Crippen LogP contribution in [-0.4, -0.2) is 39.7 Å². The highest BCUT2D eigenvalue weighted by molar-refractivity contribution is 5.72. The first-order chi connectivity index (χ1) is 17.4. The van der Waals surface area contributed by atoms with E-state index in [-0.39, 0.29) is 41.7 Å². The van der Waals surface area contributed by atoms with Gasteiger partial charge in [0.1, 0.15) is 11.6 Å².